The number of unbranched alkanes of at least 4 members (excludes halogenated alkanes) is 1. The van der Waals surface area contributed by atoms with Gasteiger partial charge in [-0.2, -0.15) is 5.10 Å². The highest BCUT2D eigenvalue weighted by molar-refractivity contribution is 5.99. The maximum Gasteiger partial charge on any atom is 0.224 e. The number of anilines is 1. The van der Waals surface area contributed by atoms with E-state index in [1.165, 1.54) is 25.0 Å². The maximum absolute atomic E-state index is 14.8. The zero-order valence-electron chi connectivity index (χ0n) is 25.6. The standard InChI is InChI=1S/C35H35FN8O2/c1-2-3-6-32(45)39-25-16-23(20-37-21-25)29-7-8-30-33(40-29)34(43-42-30)31-19-28-27(9-10-38-35(28)41-31)22-15-24(36)18-26(17-22)46-14-13-44-11-4-5-12-44/h7-10,15-21H,2-6,11-14H2,1H3,(H,38,41)(H,39,45)(H,42,43). The van der Waals surface area contributed by atoms with Crippen LogP contribution >= 0.6 is 0 Å². The number of hydrogen-bond acceptors (Lipinski definition) is 7. The summed E-state index contributed by atoms with van der Waals surface area (Å²) in [7, 11) is 0. The van der Waals surface area contributed by atoms with Crippen LogP contribution in [0.3, 0.4) is 0 Å². The van der Waals surface area contributed by atoms with E-state index >= 15 is 0 Å². The normalized spacial score (nSPS) is 13.5. The van der Waals surface area contributed by atoms with Crippen molar-refractivity contribution in [1.29, 1.82) is 0 Å². The number of H-pyrrole nitrogens is 2. The SMILES string of the molecule is CCCCC(=O)Nc1cncc(-c2ccc3[nH]nc(-c4cc5c(-c6cc(F)cc(OCCN7CCCC7)c6)ccnc5[nH]4)c3n2)c1. The van der Waals surface area contributed by atoms with Crippen LogP contribution in [0.15, 0.2) is 67.1 Å². The number of aromatic nitrogens is 6. The van der Waals surface area contributed by atoms with E-state index in [0.717, 1.165) is 60.2 Å². The average molecular weight is 619 g/mol. The molecule has 1 saturated heterocycles. The third-order valence-corrected chi connectivity index (χ3v) is 8.33. The summed E-state index contributed by atoms with van der Waals surface area (Å²) in [5.41, 5.74) is 7.06. The molecule has 1 fully saturated rings. The molecule has 1 aliphatic heterocycles. The molecule has 1 aliphatic rings. The van der Waals surface area contributed by atoms with Crippen molar-refractivity contribution >= 4 is 33.7 Å². The minimum Gasteiger partial charge on any atom is -0.492 e. The summed E-state index contributed by atoms with van der Waals surface area (Å²) in [6, 6.07) is 14.3. The van der Waals surface area contributed by atoms with Crippen molar-refractivity contribution in [3.05, 3.63) is 72.9 Å². The first kappa shape index (κ1) is 29.5. The number of nitrogens with zero attached hydrogens (tertiary/aromatic N) is 5. The largest absolute Gasteiger partial charge is 0.492 e. The Bertz CT molecular complexity index is 2010. The topological polar surface area (TPSA) is 125 Å². The summed E-state index contributed by atoms with van der Waals surface area (Å²) in [6.45, 7) is 5.58. The quantitative estimate of drug-likeness (QED) is 0.143. The van der Waals surface area contributed by atoms with Gasteiger partial charge in [0.1, 0.15) is 35.0 Å². The predicted octanol–water partition coefficient (Wildman–Crippen LogP) is 6.97. The Morgan fingerprint density at radius 2 is 1.96 bits per heavy atom. The number of halogens is 1. The molecule has 7 rings (SSSR count). The van der Waals surface area contributed by atoms with Gasteiger partial charge in [-0.3, -0.25) is 19.8 Å². The third kappa shape index (κ3) is 6.32. The van der Waals surface area contributed by atoms with Gasteiger partial charge in [0.25, 0.3) is 0 Å². The maximum atomic E-state index is 14.8. The molecule has 1 amide bonds. The molecule has 0 atom stereocenters. The van der Waals surface area contributed by atoms with E-state index in [-0.39, 0.29) is 11.7 Å². The Labute approximate surface area is 265 Å². The Balaban J connectivity index is 1.17. The molecule has 11 heteroatoms. The molecular formula is C35H35FN8O2. The number of nitrogens with one attached hydrogen (secondary N) is 3. The van der Waals surface area contributed by atoms with Gasteiger partial charge in [0, 0.05) is 42.4 Å². The fourth-order valence-electron chi connectivity index (χ4n) is 5.96. The number of pyridine rings is 3. The first-order valence-electron chi connectivity index (χ1n) is 15.8. The molecule has 5 aromatic heterocycles. The number of likely N-dealkylation sites (tertiary alicyclic amines) is 1. The van der Waals surface area contributed by atoms with E-state index in [0.29, 0.717) is 52.6 Å². The Morgan fingerprint density at radius 1 is 1.07 bits per heavy atom. The lowest BCUT2D eigenvalue weighted by Crippen LogP contribution is -2.25. The van der Waals surface area contributed by atoms with Gasteiger partial charge in [0.05, 0.1) is 28.8 Å². The summed E-state index contributed by atoms with van der Waals surface area (Å²) in [5, 5.41) is 11.4. The molecule has 0 saturated carbocycles. The summed E-state index contributed by atoms with van der Waals surface area (Å²) in [6.07, 6.45) is 9.76. The van der Waals surface area contributed by atoms with Crippen molar-refractivity contribution in [2.75, 3.05) is 31.6 Å². The molecule has 1 aromatic carbocycles. The zero-order valence-corrected chi connectivity index (χ0v) is 25.6. The second kappa shape index (κ2) is 13.1. The van der Waals surface area contributed by atoms with E-state index in [9.17, 15) is 9.18 Å². The summed E-state index contributed by atoms with van der Waals surface area (Å²) >= 11 is 0. The van der Waals surface area contributed by atoms with Gasteiger partial charge in [0.2, 0.25) is 5.91 Å². The number of carbonyl (C=O) groups is 1. The number of amides is 1. The van der Waals surface area contributed by atoms with Gasteiger partial charge in [-0.05, 0) is 85.9 Å². The molecule has 3 N–H and O–H groups in total. The number of aromatic amines is 2. The number of ether oxygens (including phenoxy) is 1. The first-order chi connectivity index (χ1) is 22.5. The van der Waals surface area contributed by atoms with Gasteiger partial charge in [-0.25, -0.2) is 14.4 Å². The van der Waals surface area contributed by atoms with E-state index < -0.39 is 0 Å². The fraction of sp³-hybridized carbons (Fsp3) is 0.286. The lowest BCUT2D eigenvalue weighted by molar-refractivity contribution is -0.116. The molecule has 234 valence electrons. The van der Waals surface area contributed by atoms with Gasteiger partial charge in [-0.1, -0.05) is 13.3 Å². The molecule has 0 spiro atoms. The van der Waals surface area contributed by atoms with Gasteiger partial charge >= 0.3 is 0 Å². The molecule has 0 aliphatic carbocycles. The lowest BCUT2D eigenvalue weighted by Gasteiger charge is -2.15. The van der Waals surface area contributed by atoms with E-state index in [1.54, 1.807) is 18.6 Å². The van der Waals surface area contributed by atoms with Gasteiger partial charge < -0.3 is 15.0 Å². The number of hydrogen-bond donors (Lipinski definition) is 3. The van der Waals surface area contributed by atoms with Crippen molar-refractivity contribution in [3.63, 3.8) is 0 Å². The molecule has 0 bridgehead atoms. The summed E-state index contributed by atoms with van der Waals surface area (Å²) < 4.78 is 20.8. The molecule has 0 unspecified atom stereocenters. The van der Waals surface area contributed by atoms with Crippen molar-refractivity contribution < 1.29 is 13.9 Å². The molecule has 0 radical (unpaired) electrons. The van der Waals surface area contributed by atoms with E-state index in [1.807, 2.05) is 36.4 Å². The zero-order chi connectivity index (χ0) is 31.5. The van der Waals surface area contributed by atoms with Crippen LogP contribution in [0, 0.1) is 5.82 Å². The van der Waals surface area contributed by atoms with Crippen LogP contribution in [0.25, 0.3) is 55.8 Å². The van der Waals surface area contributed by atoms with Crippen LogP contribution in [-0.4, -0.2) is 67.2 Å². The van der Waals surface area contributed by atoms with Crippen molar-refractivity contribution in [2.24, 2.45) is 0 Å². The molecule has 6 heterocycles. The monoisotopic (exact) mass is 618 g/mol. The van der Waals surface area contributed by atoms with Crippen molar-refractivity contribution in [1.82, 2.24) is 35.0 Å². The van der Waals surface area contributed by atoms with Crippen LogP contribution < -0.4 is 10.1 Å². The predicted molar refractivity (Wildman–Crippen MR) is 177 cm³/mol. The highest BCUT2D eigenvalue weighted by atomic mass is 19.1. The number of rotatable bonds is 11. The third-order valence-electron chi connectivity index (χ3n) is 8.33. The highest BCUT2D eigenvalue weighted by Crippen LogP contribution is 2.35. The van der Waals surface area contributed by atoms with Gasteiger partial charge in [0.15, 0.2) is 0 Å². The Hall–Kier alpha value is -5.16. The number of carbonyl (C=O) groups excluding carboxylic acids is 1. The van der Waals surface area contributed by atoms with Gasteiger partial charge in [-0.15, -0.1) is 0 Å². The average Bonchev–Trinajstić information content (AvgIpc) is 3.83. The Morgan fingerprint density at radius 3 is 2.83 bits per heavy atom. The molecular weight excluding hydrogens is 583 g/mol. The van der Waals surface area contributed by atoms with Crippen LogP contribution in [0.1, 0.15) is 39.0 Å². The summed E-state index contributed by atoms with van der Waals surface area (Å²) in [5.74, 6) is 0.111. The Kier molecular flexibility index (Phi) is 8.39. The first-order valence-corrected chi connectivity index (χ1v) is 15.8. The van der Waals surface area contributed by atoms with Crippen LogP contribution in [0.2, 0.25) is 0 Å². The summed E-state index contributed by atoms with van der Waals surface area (Å²) in [4.78, 5) is 31.8. The van der Waals surface area contributed by atoms with Crippen LogP contribution in [0.4, 0.5) is 10.1 Å². The highest BCUT2D eigenvalue weighted by Gasteiger charge is 2.17. The molecule has 6 aromatic rings. The van der Waals surface area contributed by atoms with Crippen molar-refractivity contribution in [2.45, 2.75) is 39.0 Å². The van der Waals surface area contributed by atoms with E-state index in [2.05, 4.69) is 42.3 Å². The van der Waals surface area contributed by atoms with E-state index in [4.69, 9.17) is 9.72 Å². The van der Waals surface area contributed by atoms with Crippen LogP contribution in [-0.2, 0) is 4.79 Å². The van der Waals surface area contributed by atoms with Crippen LogP contribution in [0.5, 0.6) is 5.75 Å². The van der Waals surface area contributed by atoms with Crippen molar-refractivity contribution in [3.8, 4) is 39.5 Å². The smallest absolute Gasteiger partial charge is 0.224 e. The lowest BCUT2D eigenvalue weighted by atomic mass is 10.0. The molecule has 10 nitrogen and oxygen atoms in total. The minimum absolute atomic E-state index is 0.0346. The second-order valence-electron chi connectivity index (χ2n) is 11.7. The second-order valence-corrected chi connectivity index (χ2v) is 11.7. The number of fused-ring (bicyclic) bond motifs is 2. The fourth-order valence-corrected chi connectivity index (χ4v) is 5.96. The number of benzene rings is 1. The minimum atomic E-state index is -0.358. The molecule has 46 heavy (non-hydrogen) atoms.